The lowest BCUT2D eigenvalue weighted by Gasteiger charge is -2.15. The van der Waals surface area contributed by atoms with Gasteiger partial charge in [-0.2, -0.15) is 11.8 Å². The second kappa shape index (κ2) is 6.75. The topological polar surface area (TPSA) is 66.8 Å². The zero-order chi connectivity index (χ0) is 12.0. The molecule has 0 radical (unpaired) electrons. The number of thioether (sulfide) groups is 1. The Morgan fingerprint density at radius 1 is 1.62 bits per heavy atom. The van der Waals surface area contributed by atoms with E-state index in [9.17, 15) is 9.59 Å². The molecule has 0 aromatic heterocycles. The third-order valence-corrected chi connectivity index (χ3v) is 3.43. The summed E-state index contributed by atoms with van der Waals surface area (Å²) >= 11 is 1.60. The summed E-state index contributed by atoms with van der Waals surface area (Å²) in [4.78, 5) is 24.5. The van der Waals surface area contributed by atoms with Crippen molar-refractivity contribution in [3.8, 4) is 0 Å². The smallest absolute Gasteiger partial charge is 0.310 e. The number of likely N-dealkylation sites (tertiary alicyclic amines) is 1. The summed E-state index contributed by atoms with van der Waals surface area (Å²) in [6, 6.07) is 0. The third-order valence-electron chi connectivity index (χ3n) is 2.49. The Morgan fingerprint density at radius 2 is 2.38 bits per heavy atom. The first-order chi connectivity index (χ1) is 7.69. The van der Waals surface area contributed by atoms with Gasteiger partial charge in [-0.1, -0.05) is 0 Å². The van der Waals surface area contributed by atoms with Crippen molar-refractivity contribution in [2.45, 2.75) is 6.42 Å². The lowest BCUT2D eigenvalue weighted by atomic mass is 10.1. The Bertz CT molecular complexity index is 259. The molecular formula is C10H17NO4S. The Morgan fingerprint density at radius 3 is 3.00 bits per heavy atom. The van der Waals surface area contributed by atoms with E-state index in [1.165, 1.54) is 7.11 Å². The molecule has 0 saturated carbocycles. The second-order valence-electron chi connectivity index (χ2n) is 3.60. The average molecular weight is 247 g/mol. The molecule has 1 N–H and O–H groups in total. The highest BCUT2D eigenvalue weighted by molar-refractivity contribution is 7.99. The largest absolute Gasteiger partial charge is 0.469 e. The molecule has 1 rings (SSSR count). The zero-order valence-electron chi connectivity index (χ0n) is 9.35. The fraction of sp³-hybridized carbons (Fsp3) is 0.800. The zero-order valence-corrected chi connectivity index (χ0v) is 10.2. The van der Waals surface area contributed by atoms with Crippen LogP contribution in [-0.2, 0) is 14.3 Å². The lowest BCUT2D eigenvalue weighted by molar-refractivity contribution is -0.145. The molecule has 1 heterocycles. The highest BCUT2D eigenvalue weighted by Gasteiger charge is 2.34. The Balaban J connectivity index is 2.28. The molecule has 1 aliphatic rings. The van der Waals surface area contributed by atoms with E-state index < -0.39 is 0 Å². The summed E-state index contributed by atoms with van der Waals surface area (Å²) < 4.78 is 4.62. The van der Waals surface area contributed by atoms with Gasteiger partial charge in [-0.3, -0.25) is 9.59 Å². The Labute approximate surface area is 99.1 Å². The molecule has 1 atom stereocenters. The van der Waals surface area contributed by atoms with Crippen LogP contribution in [0.1, 0.15) is 6.42 Å². The number of amides is 1. The molecule has 1 unspecified atom stereocenters. The van der Waals surface area contributed by atoms with Gasteiger partial charge in [0.15, 0.2) is 0 Å². The van der Waals surface area contributed by atoms with Crippen LogP contribution in [0.4, 0.5) is 0 Å². The molecule has 16 heavy (non-hydrogen) atoms. The number of rotatable bonds is 6. The maximum absolute atomic E-state index is 11.5. The van der Waals surface area contributed by atoms with Crippen molar-refractivity contribution in [3.05, 3.63) is 0 Å². The van der Waals surface area contributed by atoms with E-state index in [-0.39, 0.29) is 30.8 Å². The SMILES string of the molecule is COC(=O)C1CC(=O)N(CCSCCO)C1. The summed E-state index contributed by atoms with van der Waals surface area (Å²) in [5.74, 6) is 0.877. The van der Waals surface area contributed by atoms with Gasteiger partial charge in [0.25, 0.3) is 0 Å². The van der Waals surface area contributed by atoms with Crippen molar-refractivity contribution >= 4 is 23.6 Å². The average Bonchev–Trinajstić information content (AvgIpc) is 2.65. The van der Waals surface area contributed by atoms with Gasteiger partial charge < -0.3 is 14.7 Å². The predicted molar refractivity (Wildman–Crippen MR) is 61.1 cm³/mol. The molecule has 0 bridgehead atoms. The van der Waals surface area contributed by atoms with Crippen LogP contribution in [0, 0.1) is 5.92 Å². The minimum absolute atomic E-state index is 0.0139. The van der Waals surface area contributed by atoms with Crippen LogP contribution in [0.25, 0.3) is 0 Å². The molecule has 6 heteroatoms. The van der Waals surface area contributed by atoms with Crippen LogP contribution in [0.15, 0.2) is 0 Å². The summed E-state index contributed by atoms with van der Waals surface area (Å²) in [6.45, 7) is 1.26. The minimum Gasteiger partial charge on any atom is -0.469 e. The first kappa shape index (κ1) is 13.3. The predicted octanol–water partition coefficient (Wildman–Crippen LogP) is -0.267. The first-order valence-electron chi connectivity index (χ1n) is 5.23. The molecule has 5 nitrogen and oxygen atoms in total. The quantitative estimate of drug-likeness (QED) is 0.517. The number of aliphatic hydroxyl groups excluding tert-OH is 1. The van der Waals surface area contributed by atoms with Crippen molar-refractivity contribution in [3.63, 3.8) is 0 Å². The van der Waals surface area contributed by atoms with Gasteiger partial charge in [-0.05, 0) is 0 Å². The summed E-state index contributed by atoms with van der Waals surface area (Å²) in [5, 5.41) is 8.59. The molecule has 1 fully saturated rings. The minimum atomic E-state index is -0.307. The van der Waals surface area contributed by atoms with Crippen molar-refractivity contribution < 1.29 is 19.4 Å². The third kappa shape index (κ3) is 3.68. The monoisotopic (exact) mass is 247 g/mol. The van der Waals surface area contributed by atoms with Gasteiger partial charge in [0, 0.05) is 31.0 Å². The number of hydrogen-bond donors (Lipinski definition) is 1. The second-order valence-corrected chi connectivity index (χ2v) is 4.82. The molecule has 1 saturated heterocycles. The van der Waals surface area contributed by atoms with Crippen molar-refractivity contribution in [2.75, 3.05) is 38.3 Å². The molecule has 1 amide bonds. The van der Waals surface area contributed by atoms with Gasteiger partial charge in [-0.25, -0.2) is 0 Å². The first-order valence-corrected chi connectivity index (χ1v) is 6.38. The molecule has 0 aromatic carbocycles. The van der Waals surface area contributed by atoms with Gasteiger partial charge in [-0.15, -0.1) is 0 Å². The van der Waals surface area contributed by atoms with E-state index in [0.717, 1.165) is 5.75 Å². The van der Waals surface area contributed by atoms with Crippen LogP contribution in [0.3, 0.4) is 0 Å². The number of aliphatic hydroxyl groups is 1. The Kier molecular flexibility index (Phi) is 5.62. The fourth-order valence-corrected chi connectivity index (χ4v) is 2.34. The van der Waals surface area contributed by atoms with E-state index >= 15 is 0 Å². The van der Waals surface area contributed by atoms with Crippen LogP contribution in [-0.4, -0.2) is 60.2 Å². The van der Waals surface area contributed by atoms with E-state index in [2.05, 4.69) is 4.74 Å². The fourth-order valence-electron chi connectivity index (χ4n) is 1.65. The van der Waals surface area contributed by atoms with Crippen LogP contribution in [0.5, 0.6) is 0 Å². The van der Waals surface area contributed by atoms with Gasteiger partial charge in [0.2, 0.25) is 5.91 Å². The lowest BCUT2D eigenvalue weighted by Crippen LogP contribution is -2.28. The van der Waals surface area contributed by atoms with Gasteiger partial charge in [0.1, 0.15) is 0 Å². The maximum atomic E-state index is 11.5. The van der Waals surface area contributed by atoms with Crippen LogP contribution in [0.2, 0.25) is 0 Å². The van der Waals surface area contributed by atoms with E-state index in [1.54, 1.807) is 16.7 Å². The number of carbonyl (C=O) groups excluding carboxylic acids is 2. The molecule has 92 valence electrons. The van der Waals surface area contributed by atoms with Gasteiger partial charge in [0.05, 0.1) is 19.6 Å². The highest BCUT2D eigenvalue weighted by Crippen LogP contribution is 2.19. The van der Waals surface area contributed by atoms with Crippen molar-refractivity contribution in [1.29, 1.82) is 0 Å². The summed E-state index contributed by atoms with van der Waals surface area (Å²) in [6.07, 6.45) is 0.261. The number of methoxy groups -OCH3 is 1. The number of ether oxygens (including phenoxy) is 1. The van der Waals surface area contributed by atoms with Crippen molar-refractivity contribution in [2.24, 2.45) is 5.92 Å². The van der Waals surface area contributed by atoms with Crippen LogP contribution < -0.4 is 0 Å². The van der Waals surface area contributed by atoms with Gasteiger partial charge >= 0.3 is 5.97 Å². The van der Waals surface area contributed by atoms with Crippen molar-refractivity contribution in [1.82, 2.24) is 4.90 Å². The maximum Gasteiger partial charge on any atom is 0.310 e. The number of esters is 1. The van der Waals surface area contributed by atoms with E-state index in [1.807, 2.05) is 0 Å². The molecule has 0 aromatic rings. The van der Waals surface area contributed by atoms with E-state index in [4.69, 9.17) is 5.11 Å². The molecule has 1 aliphatic heterocycles. The summed E-state index contributed by atoms with van der Waals surface area (Å²) in [5.41, 5.74) is 0. The summed E-state index contributed by atoms with van der Waals surface area (Å²) in [7, 11) is 1.34. The number of nitrogens with zero attached hydrogens (tertiary/aromatic N) is 1. The van der Waals surface area contributed by atoms with E-state index in [0.29, 0.717) is 18.8 Å². The molecular weight excluding hydrogens is 230 g/mol. The normalized spacial score (nSPS) is 20.2. The number of hydrogen-bond acceptors (Lipinski definition) is 5. The highest BCUT2D eigenvalue weighted by atomic mass is 32.2. The van der Waals surface area contributed by atoms with Crippen LogP contribution >= 0.6 is 11.8 Å². The standard InChI is InChI=1S/C10H17NO4S/c1-15-10(14)8-6-9(13)11(7-8)2-4-16-5-3-12/h8,12H,2-7H2,1H3. The Hall–Kier alpha value is -0.750. The molecule has 0 spiro atoms. The number of carbonyl (C=O) groups is 2. The molecule has 0 aliphatic carbocycles.